The molecule has 0 fully saturated rings. The van der Waals surface area contributed by atoms with Gasteiger partial charge in [-0.15, -0.1) is 0 Å². The second-order valence-corrected chi connectivity index (χ2v) is 5.51. The van der Waals surface area contributed by atoms with Gasteiger partial charge in [-0.3, -0.25) is 0 Å². The minimum absolute atomic E-state index is 0.0857. The molecule has 1 atom stereocenters. The highest BCUT2D eigenvalue weighted by molar-refractivity contribution is 5.93. The van der Waals surface area contributed by atoms with Crippen molar-refractivity contribution in [3.05, 3.63) is 42.0 Å². The van der Waals surface area contributed by atoms with Gasteiger partial charge in [0, 0.05) is 12.0 Å². The van der Waals surface area contributed by atoms with Gasteiger partial charge >= 0.3 is 5.97 Å². The van der Waals surface area contributed by atoms with Crippen molar-refractivity contribution in [2.45, 2.75) is 20.8 Å². The first-order valence-electron chi connectivity index (χ1n) is 5.92. The van der Waals surface area contributed by atoms with Crippen LogP contribution in [0.1, 0.15) is 26.3 Å². The zero-order valence-corrected chi connectivity index (χ0v) is 10.6. The van der Waals surface area contributed by atoms with Crippen LogP contribution in [0.4, 0.5) is 0 Å². The van der Waals surface area contributed by atoms with Crippen LogP contribution in [0.3, 0.4) is 0 Å². The Morgan fingerprint density at radius 3 is 2.41 bits per heavy atom. The van der Waals surface area contributed by atoms with E-state index < -0.39 is 0 Å². The highest BCUT2D eigenvalue weighted by Gasteiger charge is 2.33. The Morgan fingerprint density at radius 2 is 1.82 bits per heavy atom. The maximum absolute atomic E-state index is 11.4. The Balaban J connectivity index is 2.43. The van der Waals surface area contributed by atoms with Crippen molar-refractivity contribution < 1.29 is 9.53 Å². The van der Waals surface area contributed by atoms with Gasteiger partial charge in [0.25, 0.3) is 0 Å². The SMILES string of the molecule is CC(C)(C)C1COC(=O)C=C1c1ccccc1. The van der Waals surface area contributed by atoms with Crippen molar-refractivity contribution >= 4 is 11.5 Å². The molecule has 1 aromatic carbocycles. The van der Waals surface area contributed by atoms with Crippen LogP contribution in [-0.2, 0) is 9.53 Å². The van der Waals surface area contributed by atoms with Crippen molar-refractivity contribution in [1.82, 2.24) is 0 Å². The molecule has 2 nitrogen and oxygen atoms in total. The lowest BCUT2D eigenvalue weighted by molar-refractivity contribution is -0.140. The van der Waals surface area contributed by atoms with Gasteiger partial charge < -0.3 is 4.74 Å². The lowest BCUT2D eigenvalue weighted by Crippen LogP contribution is -2.31. The fraction of sp³-hybridized carbons (Fsp3) is 0.400. The van der Waals surface area contributed by atoms with Gasteiger partial charge in [-0.05, 0) is 16.6 Å². The lowest BCUT2D eigenvalue weighted by Gasteiger charge is -2.34. The van der Waals surface area contributed by atoms with E-state index in [9.17, 15) is 4.79 Å². The van der Waals surface area contributed by atoms with Crippen LogP contribution in [0.5, 0.6) is 0 Å². The summed E-state index contributed by atoms with van der Waals surface area (Å²) in [4.78, 5) is 11.4. The van der Waals surface area contributed by atoms with Gasteiger partial charge in [-0.1, -0.05) is 51.1 Å². The smallest absolute Gasteiger partial charge is 0.331 e. The molecular weight excluding hydrogens is 212 g/mol. The Morgan fingerprint density at radius 1 is 1.18 bits per heavy atom. The largest absolute Gasteiger partial charge is 0.462 e. The molecule has 2 heteroatoms. The molecule has 17 heavy (non-hydrogen) atoms. The number of carbonyl (C=O) groups excluding carboxylic acids is 1. The topological polar surface area (TPSA) is 26.3 Å². The van der Waals surface area contributed by atoms with E-state index in [1.807, 2.05) is 30.3 Å². The molecule has 0 aliphatic carbocycles. The average Bonchev–Trinajstić information content (AvgIpc) is 2.28. The van der Waals surface area contributed by atoms with Gasteiger partial charge in [0.15, 0.2) is 0 Å². The summed E-state index contributed by atoms with van der Waals surface area (Å²) in [6, 6.07) is 10.1. The minimum atomic E-state index is -0.232. The van der Waals surface area contributed by atoms with Crippen LogP contribution in [0.2, 0.25) is 0 Å². The molecule has 2 rings (SSSR count). The molecule has 0 saturated heterocycles. The van der Waals surface area contributed by atoms with Gasteiger partial charge in [0.2, 0.25) is 0 Å². The highest BCUT2D eigenvalue weighted by atomic mass is 16.5. The first-order valence-corrected chi connectivity index (χ1v) is 5.92. The molecule has 1 unspecified atom stereocenters. The Bertz CT molecular complexity index is 438. The summed E-state index contributed by atoms with van der Waals surface area (Å²) in [5.41, 5.74) is 2.29. The number of hydrogen-bond acceptors (Lipinski definition) is 2. The number of carbonyl (C=O) groups is 1. The number of benzene rings is 1. The number of ether oxygens (including phenoxy) is 1. The van der Waals surface area contributed by atoms with Crippen LogP contribution in [0.15, 0.2) is 36.4 Å². The Kier molecular flexibility index (Phi) is 3.05. The molecule has 90 valence electrons. The molecule has 0 saturated carbocycles. The fourth-order valence-electron chi connectivity index (χ4n) is 2.16. The predicted molar refractivity (Wildman–Crippen MR) is 68.3 cm³/mol. The van der Waals surface area contributed by atoms with Crippen LogP contribution in [0.25, 0.3) is 5.57 Å². The number of hydrogen-bond donors (Lipinski definition) is 0. The standard InChI is InChI=1S/C15H18O2/c1-15(2,3)13-10-17-14(16)9-12(13)11-7-5-4-6-8-11/h4-9,13H,10H2,1-3H3. The third-order valence-corrected chi connectivity index (χ3v) is 3.19. The van der Waals surface area contributed by atoms with Gasteiger partial charge in [-0.2, -0.15) is 0 Å². The van der Waals surface area contributed by atoms with Crippen LogP contribution in [0, 0.1) is 11.3 Å². The third-order valence-electron chi connectivity index (χ3n) is 3.19. The van der Waals surface area contributed by atoms with E-state index in [1.165, 1.54) is 0 Å². The summed E-state index contributed by atoms with van der Waals surface area (Å²) in [6.45, 7) is 7.00. The molecule has 0 bridgehead atoms. The maximum atomic E-state index is 11.4. The van der Waals surface area contributed by atoms with Gasteiger partial charge in [0.05, 0.1) is 6.61 Å². The summed E-state index contributed by atoms with van der Waals surface area (Å²) >= 11 is 0. The van der Waals surface area contributed by atoms with Crippen molar-refractivity contribution in [3.8, 4) is 0 Å². The van der Waals surface area contributed by atoms with Crippen molar-refractivity contribution in [3.63, 3.8) is 0 Å². The van der Waals surface area contributed by atoms with Gasteiger partial charge in [-0.25, -0.2) is 4.79 Å². The van der Waals surface area contributed by atoms with Crippen LogP contribution in [-0.4, -0.2) is 12.6 Å². The van der Waals surface area contributed by atoms with Crippen molar-refractivity contribution in [2.24, 2.45) is 11.3 Å². The Hall–Kier alpha value is -1.57. The average molecular weight is 230 g/mol. The first kappa shape index (κ1) is 11.9. The van der Waals surface area contributed by atoms with E-state index in [1.54, 1.807) is 6.08 Å². The first-order chi connectivity index (χ1) is 7.98. The number of esters is 1. The maximum Gasteiger partial charge on any atom is 0.331 e. The fourth-order valence-corrected chi connectivity index (χ4v) is 2.16. The molecule has 0 spiro atoms. The second-order valence-electron chi connectivity index (χ2n) is 5.51. The zero-order valence-electron chi connectivity index (χ0n) is 10.6. The molecule has 0 aromatic heterocycles. The second kappa shape index (κ2) is 4.36. The molecule has 1 aromatic rings. The number of rotatable bonds is 1. The summed E-state index contributed by atoms with van der Waals surface area (Å²) in [5, 5.41) is 0. The van der Waals surface area contributed by atoms with E-state index in [-0.39, 0.29) is 17.3 Å². The molecule has 1 aliphatic heterocycles. The van der Waals surface area contributed by atoms with E-state index in [0.29, 0.717) is 6.61 Å². The molecule has 0 radical (unpaired) electrons. The van der Waals surface area contributed by atoms with E-state index in [2.05, 4.69) is 20.8 Å². The Labute approximate surface area is 102 Å². The minimum Gasteiger partial charge on any atom is -0.462 e. The summed E-state index contributed by atoms with van der Waals surface area (Å²) in [6.07, 6.45) is 1.63. The van der Waals surface area contributed by atoms with E-state index in [4.69, 9.17) is 4.74 Å². The van der Waals surface area contributed by atoms with Gasteiger partial charge in [0.1, 0.15) is 0 Å². The molecule has 0 amide bonds. The highest BCUT2D eigenvalue weighted by Crippen LogP contribution is 2.39. The van der Waals surface area contributed by atoms with E-state index in [0.717, 1.165) is 11.1 Å². The molecule has 1 heterocycles. The lowest BCUT2D eigenvalue weighted by atomic mass is 9.74. The van der Waals surface area contributed by atoms with Crippen molar-refractivity contribution in [1.29, 1.82) is 0 Å². The normalized spacial score (nSPS) is 20.8. The number of cyclic esters (lactones) is 1. The predicted octanol–water partition coefficient (Wildman–Crippen LogP) is 3.29. The summed E-state index contributed by atoms with van der Waals surface area (Å²) in [7, 11) is 0. The quantitative estimate of drug-likeness (QED) is 0.692. The molecule has 0 N–H and O–H groups in total. The van der Waals surface area contributed by atoms with E-state index >= 15 is 0 Å². The third kappa shape index (κ3) is 2.57. The molecule has 1 aliphatic rings. The summed E-state index contributed by atoms with van der Waals surface area (Å²) < 4.78 is 5.15. The van der Waals surface area contributed by atoms with Crippen LogP contribution >= 0.6 is 0 Å². The monoisotopic (exact) mass is 230 g/mol. The molecular formula is C15H18O2. The van der Waals surface area contributed by atoms with Crippen LogP contribution < -0.4 is 0 Å². The zero-order chi connectivity index (χ0) is 12.5. The van der Waals surface area contributed by atoms with Crippen molar-refractivity contribution in [2.75, 3.05) is 6.61 Å². The summed E-state index contributed by atoms with van der Waals surface area (Å²) in [5.74, 6) is 0.0203.